The lowest BCUT2D eigenvalue weighted by atomic mass is 10.3. The Kier molecular flexibility index (Phi) is 4.79. The molecule has 3 rings (SSSR count). The second-order valence-electron chi connectivity index (χ2n) is 4.84. The molecule has 1 heterocycles. The molecule has 6 heteroatoms. The van der Waals surface area contributed by atoms with E-state index >= 15 is 0 Å². The Morgan fingerprint density at radius 2 is 1.96 bits per heavy atom. The molecule has 0 N–H and O–H groups in total. The van der Waals surface area contributed by atoms with Gasteiger partial charge in [-0.25, -0.2) is 0 Å². The van der Waals surface area contributed by atoms with Crippen molar-refractivity contribution in [2.24, 2.45) is 4.99 Å². The smallest absolute Gasteiger partial charge is 0.286 e. The molecule has 0 aliphatic rings. The van der Waals surface area contributed by atoms with Crippen LogP contribution in [0.5, 0.6) is 5.75 Å². The summed E-state index contributed by atoms with van der Waals surface area (Å²) in [5.74, 6) is 0.284. The minimum absolute atomic E-state index is 0.0976. The Bertz CT molecular complexity index is 897. The Labute approximate surface area is 142 Å². The molecule has 1 amide bonds. The van der Waals surface area contributed by atoms with E-state index in [9.17, 15) is 4.79 Å². The SMILES string of the molecule is CCn1c(=NC(=O)COc2ccc(Cl)cc2)sc2ccccc21. The van der Waals surface area contributed by atoms with Crippen LogP contribution >= 0.6 is 22.9 Å². The fourth-order valence-electron chi connectivity index (χ4n) is 2.23. The van der Waals surface area contributed by atoms with Crippen LogP contribution in [0.2, 0.25) is 5.02 Å². The number of halogens is 1. The van der Waals surface area contributed by atoms with Gasteiger partial charge in [-0.1, -0.05) is 35.1 Å². The van der Waals surface area contributed by atoms with Gasteiger partial charge in [0.1, 0.15) is 5.75 Å². The van der Waals surface area contributed by atoms with Gasteiger partial charge in [-0.05, 0) is 43.3 Å². The van der Waals surface area contributed by atoms with Gasteiger partial charge in [-0.15, -0.1) is 0 Å². The maximum Gasteiger partial charge on any atom is 0.286 e. The summed E-state index contributed by atoms with van der Waals surface area (Å²) in [6.45, 7) is 2.70. The van der Waals surface area contributed by atoms with Crippen molar-refractivity contribution in [3.05, 3.63) is 58.4 Å². The van der Waals surface area contributed by atoms with E-state index in [1.165, 1.54) is 11.3 Å². The van der Waals surface area contributed by atoms with Gasteiger partial charge in [0.15, 0.2) is 11.4 Å². The maximum absolute atomic E-state index is 12.1. The molecule has 0 aliphatic carbocycles. The number of carbonyl (C=O) groups is 1. The van der Waals surface area contributed by atoms with E-state index in [1.54, 1.807) is 24.3 Å². The molecular weight excluding hydrogens is 332 g/mol. The van der Waals surface area contributed by atoms with Crippen molar-refractivity contribution in [3.63, 3.8) is 0 Å². The van der Waals surface area contributed by atoms with Crippen molar-refractivity contribution >= 4 is 39.1 Å². The van der Waals surface area contributed by atoms with Crippen LogP contribution in [-0.2, 0) is 11.3 Å². The largest absolute Gasteiger partial charge is 0.484 e. The number of para-hydroxylation sites is 1. The number of rotatable bonds is 4. The van der Waals surface area contributed by atoms with Crippen molar-refractivity contribution in [1.29, 1.82) is 0 Å². The van der Waals surface area contributed by atoms with Crippen LogP contribution in [0.1, 0.15) is 6.92 Å². The van der Waals surface area contributed by atoms with E-state index in [0.29, 0.717) is 15.6 Å². The topological polar surface area (TPSA) is 43.6 Å². The molecule has 0 radical (unpaired) electrons. The number of nitrogens with zero attached hydrogens (tertiary/aromatic N) is 2. The second-order valence-corrected chi connectivity index (χ2v) is 6.29. The summed E-state index contributed by atoms with van der Waals surface area (Å²) < 4.78 is 8.57. The number of ether oxygens (including phenoxy) is 1. The molecule has 0 aliphatic heterocycles. The normalized spacial score (nSPS) is 11.8. The maximum atomic E-state index is 12.1. The van der Waals surface area contributed by atoms with E-state index in [2.05, 4.69) is 4.99 Å². The molecule has 3 aromatic rings. The highest BCUT2D eigenvalue weighted by atomic mass is 35.5. The van der Waals surface area contributed by atoms with Crippen LogP contribution < -0.4 is 9.54 Å². The summed E-state index contributed by atoms with van der Waals surface area (Å²) >= 11 is 7.31. The summed E-state index contributed by atoms with van der Waals surface area (Å²) in [7, 11) is 0. The number of thiazole rings is 1. The van der Waals surface area contributed by atoms with Gasteiger partial charge in [0.2, 0.25) is 0 Å². The Balaban J connectivity index is 1.80. The van der Waals surface area contributed by atoms with E-state index in [1.807, 2.05) is 35.8 Å². The van der Waals surface area contributed by atoms with E-state index in [-0.39, 0.29) is 12.5 Å². The molecule has 0 unspecified atom stereocenters. The van der Waals surface area contributed by atoms with Gasteiger partial charge in [-0.2, -0.15) is 4.99 Å². The number of amides is 1. The lowest BCUT2D eigenvalue weighted by Crippen LogP contribution is -2.18. The quantitative estimate of drug-likeness (QED) is 0.719. The zero-order chi connectivity index (χ0) is 16.2. The van der Waals surface area contributed by atoms with Crippen LogP contribution in [0.15, 0.2) is 53.5 Å². The molecule has 0 saturated heterocycles. The number of hydrogen-bond acceptors (Lipinski definition) is 3. The fourth-order valence-corrected chi connectivity index (χ4v) is 3.46. The van der Waals surface area contributed by atoms with Crippen molar-refractivity contribution < 1.29 is 9.53 Å². The predicted octanol–water partition coefficient (Wildman–Crippen LogP) is 3.88. The average Bonchev–Trinajstić information content (AvgIpc) is 2.91. The number of aryl methyl sites for hydroxylation is 1. The third-order valence-corrected chi connectivity index (χ3v) is 4.61. The Hall–Kier alpha value is -2.11. The number of aromatic nitrogens is 1. The van der Waals surface area contributed by atoms with Gasteiger partial charge in [-0.3, -0.25) is 4.79 Å². The summed E-state index contributed by atoms with van der Waals surface area (Å²) in [6, 6.07) is 14.9. The van der Waals surface area contributed by atoms with Gasteiger partial charge in [0.05, 0.1) is 10.2 Å². The molecule has 0 saturated carbocycles. The Morgan fingerprint density at radius 3 is 2.70 bits per heavy atom. The Morgan fingerprint density at radius 1 is 1.22 bits per heavy atom. The van der Waals surface area contributed by atoms with Crippen LogP contribution in [0.4, 0.5) is 0 Å². The van der Waals surface area contributed by atoms with Crippen LogP contribution in [0, 0.1) is 0 Å². The zero-order valence-corrected chi connectivity index (χ0v) is 14.1. The molecule has 0 atom stereocenters. The van der Waals surface area contributed by atoms with Crippen LogP contribution in [0.25, 0.3) is 10.2 Å². The molecule has 0 spiro atoms. The van der Waals surface area contributed by atoms with Gasteiger partial charge < -0.3 is 9.30 Å². The summed E-state index contributed by atoms with van der Waals surface area (Å²) in [5.41, 5.74) is 1.09. The molecule has 23 heavy (non-hydrogen) atoms. The first-order valence-electron chi connectivity index (χ1n) is 7.21. The summed E-state index contributed by atoms with van der Waals surface area (Å²) in [4.78, 5) is 17.0. The number of benzene rings is 2. The van der Waals surface area contributed by atoms with Crippen molar-refractivity contribution in [3.8, 4) is 5.75 Å². The molecule has 118 valence electrons. The van der Waals surface area contributed by atoms with Gasteiger partial charge in [0, 0.05) is 11.6 Å². The lowest BCUT2D eigenvalue weighted by Gasteiger charge is -2.03. The monoisotopic (exact) mass is 346 g/mol. The summed E-state index contributed by atoms with van der Waals surface area (Å²) in [5, 5.41) is 0.627. The average molecular weight is 347 g/mol. The molecule has 0 bridgehead atoms. The third kappa shape index (κ3) is 3.63. The van der Waals surface area contributed by atoms with Crippen LogP contribution in [-0.4, -0.2) is 17.1 Å². The number of carbonyl (C=O) groups excluding carboxylic acids is 1. The van der Waals surface area contributed by atoms with E-state index in [4.69, 9.17) is 16.3 Å². The first-order valence-corrected chi connectivity index (χ1v) is 8.41. The molecule has 4 nitrogen and oxygen atoms in total. The molecule has 2 aromatic carbocycles. The van der Waals surface area contributed by atoms with E-state index in [0.717, 1.165) is 16.8 Å². The summed E-state index contributed by atoms with van der Waals surface area (Å²) in [6.07, 6.45) is 0. The fraction of sp³-hybridized carbons (Fsp3) is 0.176. The number of fused-ring (bicyclic) bond motifs is 1. The molecule has 1 aromatic heterocycles. The van der Waals surface area contributed by atoms with Crippen LogP contribution in [0.3, 0.4) is 0 Å². The lowest BCUT2D eigenvalue weighted by molar-refractivity contribution is -0.120. The highest BCUT2D eigenvalue weighted by molar-refractivity contribution is 7.16. The predicted molar refractivity (Wildman–Crippen MR) is 93.0 cm³/mol. The standard InChI is InChI=1S/C17H15ClN2O2S/c1-2-20-14-5-3-4-6-15(14)23-17(20)19-16(21)11-22-13-9-7-12(18)8-10-13/h3-10H,2,11H2,1H3. The third-order valence-electron chi connectivity index (χ3n) is 3.30. The van der Waals surface area contributed by atoms with Gasteiger partial charge >= 0.3 is 0 Å². The second kappa shape index (κ2) is 6.98. The van der Waals surface area contributed by atoms with Crippen molar-refractivity contribution in [2.45, 2.75) is 13.5 Å². The highest BCUT2D eigenvalue weighted by Crippen LogP contribution is 2.17. The van der Waals surface area contributed by atoms with Gasteiger partial charge in [0.25, 0.3) is 5.91 Å². The van der Waals surface area contributed by atoms with Crippen molar-refractivity contribution in [1.82, 2.24) is 4.57 Å². The van der Waals surface area contributed by atoms with E-state index < -0.39 is 0 Å². The minimum atomic E-state index is -0.311. The first kappa shape index (κ1) is 15.8. The number of hydrogen-bond donors (Lipinski definition) is 0. The minimum Gasteiger partial charge on any atom is -0.484 e. The van der Waals surface area contributed by atoms with Crippen molar-refractivity contribution in [2.75, 3.05) is 6.61 Å². The first-order chi connectivity index (χ1) is 11.2. The molecular formula is C17H15ClN2O2S. The molecule has 0 fully saturated rings. The zero-order valence-electron chi connectivity index (χ0n) is 12.5. The highest BCUT2D eigenvalue weighted by Gasteiger charge is 2.07.